The van der Waals surface area contributed by atoms with Crippen LogP contribution < -0.4 is 0 Å². The highest BCUT2D eigenvalue weighted by molar-refractivity contribution is 7.99. The number of nitrogens with zero attached hydrogens (tertiary/aromatic N) is 2. The van der Waals surface area contributed by atoms with Gasteiger partial charge in [-0.1, -0.05) is 35.5 Å². The van der Waals surface area contributed by atoms with E-state index in [1.807, 2.05) is 24.3 Å². The van der Waals surface area contributed by atoms with Gasteiger partial charge in [-0.2, -0.15) is 0 Å². The van der Waals surface area contributed by atoms with Crippen molar-refractivity contribution in [1.29, 1.82) is 0 Å². The Balaban J connectivity index is 1.97. The van der Waals surface area contributed by atoms with Crippen molar-refractivity contribution in [3.8, 4) is 0 Å². The molecular formula is C12H11ClN2O2S. The largest absolute Gasteiger partial charge is 0.416 e. The number of thioether (sulfide) groups is 1. The minimum Gasteiger partial charge on any atom is -0.416 e. The van der Waals surface area contributed by atoms with Gasteiger partial charge in [-0.3, -0.25) is 4.79 Å². The van der Waals surface area contributed by atoms with Gasteiger partial charge in [0, 0.05) is 5.02 Å². The molecule has 2 rings (SSSR count). The second kappa shape index (κ2) is 6.02. The predicted molar refractivity (Wildman–Crippen MR) is 70.0 cm³/mol. The maximum absolute atomic E-state index is 10.8. The molecule has 0 saturated heterocycles. The summed E-state index contributed by atoms with van der Waals surface area (Å²) in [4.78, 5) is 10.8. The normalized spacial score (nSPS) is 10.6. The molecule has 0 aliphatic carbocycles. The average Bonchev–Trinajstić information content (AvgIpc) is 2.77. The summed E-state index contributed by atoms with van der Waals surface area (Å²) in [6.07, 6.45) is 0.560. The van der Waals surface area contributed by atoms with E-state index in [1.165, 1.54) is 18.7 Å². The zero-order valence-corrected chi connectivity index (χ0v) is 11.3. The highest BCUT2D eigenvalue weighted by Gasteiger charge is 2.08. The van der Waals surface area contributed by atoms with Crippen molar-refractivity contribution in [3.05, 3.63) is 40.7 Å². The first-order valence-electron chi connectivity index (χ1n) is 5.32. The second-order valence-electron chi connectivity index (χ2n) is 3.76. The van der Waals surface area contributed by atoms with Crippen LogP contribution in [0.1, 0.15) is 18.4 Å². The van der Waals surface area contributed by atoms with E-state index in [0.29, 0.717) is 28.3 Å². The Morgan fingerprint density at radius 1 is 1.33 bits per heavy atom. The van der Waals surface area contributed by atoms with Crippen molar-refractivity contribution in [2.45, 2.75) is 18.6 Å². The molecular weight excluding hydrogens is 272 g/mol. The molecule has 0 fully saturated rings. The number of hydrogen-bond donors (Lipinski definition) is 0. The Kier molecular flexibility index (Phi) is 4.38. The molecule has 0 unspecified atom stereocenters. The lowest BCUT2D eigenvalue weighted by molar-refractivity contribution is -0.114. The molecule has 0 aliphatic heterocycles. The molecule has 18 heavy (non-hydrogen) atoms. The summed E-state index contributed by atoms with van der Waals surface area (Å²) in [7, 11) is 0. The Bertz CT molecular complexity index is 539. The number of carbonyl (C=O) groups excluding carboxylic acids is 1. The number of carbonyl (C=O) groups is 1. The quantitative estimate of drug-likeness (QED) is 0.789. The molecule has 94 valence electrons. The van der Waals surface area contributed by atoms with E-state index in [2.05, 4.69) is 10.2 Å². The fourth-order valence-electron chi connectivity index (χ4n) is 1.31. The minimum atomic E-state index is 0.0810. The molecule has 6 heteroatoms. The van der Waals surface area contributed by atoms with Crippen LogP contribution in [-0.2, 0) is 11.2 Å². The van der Waals surface area contributed by atoms with E-state index in [9.17, 15) is 4.79 Å². The van der Waals surface area contributed by atoms with Crippen molar-refractivity contribution in [1.82, 2.24) is 10.2 Å². The van der Waals surface area contributed by atoms with Crippen molar-refractivity contribution >= 4 is 29.1 Å². The SMILES string of the molecule is CC(=O)CSc1nnc(Cc2ccc(Cl)cc2)o1. The third kappa shape index (κ3) is 3.85. The summed E-state index contributed by atoms with van der Waals surface area (Å²) in [6, 6.07) is 7.46. The lowest BCUT2D eigenvalue weighted by atomic mass is 10.1. The van der Waals surface area contributed by atoms with Crippen molar-refractivity contribution < 1.29 is 9.21 Å². The van der Waals surface area contributed by atoms with Gasteiger partial charge in [0.1, 0.15) is 5.78 Å². The number of hydrogen-bond acceptors (Lipinski definition) is 5. The molecule has 0 amide bonds. The molecule has 1 aromatic heterocycles. The average molecular weight is 283 g/mol. The molecule has 0 saturated carbocycles. The summed E-state index contributed by atoms with van der Waals surface area (Å²) in [5.41, 5.74) is 1.05. The highest BCUT2D eigenvalue weighted by Crippen LogP contribution is 2.18. The van der Waals surface area contributed by atoms with Crippen molar-refractivity contribution in [3.63, 3.8) is 0 Å². The van der Waals surface area contributed by atoms with Crippen molar-refractivity contribution in [2.24, 2.45) is 0 Å². The molecule has 2 aromatic rings. The van der Waals surface area contributed by atoms with Crippen LogP contribution in [0.4, 0.5) is 0 Å². The first kappa shape index (κ1) is 13.1. The summed E-state index contributed by atoms with van der Waals surface area (Å²) >= 11 is 7.05. The molecule has 4 nitrogen and oxygen atoms in total. The van der Waals surface area contributed by atoms with Crippen LogP contribution in [0.5, 0.6) is 0 Å². The minimum absolute atomic E-state index is 0.0810. The van der Waals surface area contributed by atoms with E-state index >= 15 is 0 Å². The maximum atomic E-state index is 10.8. The van der Waals surface area contributed by atoms with Crippen LogP contribution in [0.2, 0.25) is 5.02 Å². The van der Waals surface area contributed by atoms with Gasteiger partial charge in [0.25, 0.3) is 5.22 Å². The first-order chi connectivity index (χ1) is 8.63. The summed E-state index contributed by atoms with van der Waals surface area (Å²) in [5, 5.41) is 8.92. The van der Waals surface area contributed by atoms with E-state index < -0.39 is 0 Å². The van der Waals surface area contributed by atoms with Crippen LogP contribution in [0.25, 0.3) is 0 Å². The molecule has 0 atom stereocenters. The van der Waals surface area contributed by atoms with Gasteiger partial charge >= 0.3 is 0 Å². The number of aromatic nitrogens is 2. The standard InChI is InChI=1S/C12H11ClN2O2S/c1-8(16)7-18-12-15-14-11(17-12)6-9-2-4-10(13)5-3-9/h2-5H,6-7H2,1H3. The van der Waals surface area contributed by atoms with Crippen LogP contribution in [0.3, 0.4) is 0 Å². The highest BCUT2D eigenvalue weighted by atomic mass is 35.5. The van der Waals surface area contributed by atoms with Gasteiger partial charge in [0.2, 0.25) is 5.89 Å². The number of rotatable bonds is 5. The molecule has 0 bridgehead atoms. The number of benzene rings is 1. The maximum Gasteiger partial charge on any atom is 0.277 e. The summed E-state index contributed by atoms with van der Waals surface area (Å²) < 4.78 is 5.42. The Labute approximate surface area is 114 Å². The topological polar surface area (TPSA) is 56.0 Å². The molecule has 1 heterocycles. The number of ketones is 1. The molecule has 0 N–H and O–H groups in total. The van der Waals surface area contributed by atoms with E-state index in [0.717, 1.165) is 5.56 Å². The zero-order valence-electron chi connectivity index (χ0n) is 9.72. The Hall–Kier alpha value is -1.33. The third-order valence-electron chi connectivity index (χ3n) is 2.12. The molecule has 0 aliphatic rings. The zero-order chi connectivity index (χ0) is 13.0. The molecule has 1 aromatic carbocycles. The van der Waals surface area contributed by atoms with Crippen LogP contribution in [-0.4, -0.2) is 21.7 Å². The van der Waals surface area contributed by atoms with Gasteiger partial charge in [0.05, 0.1) is 12.2 Å². The second-order valence-corrected chi connectivity index (χ2v) is 5.12. The van der Waals surface area contributed by atoms with E-state index in [1.54, 1.807) is 0 Å². The first-order valence-corrected chi connectivity index (χ1v) is 6.69. The smallest absolute Gasteiger partial charge is 0.277 e. The van der Waals surface area contributed by atoms with Crippen molar-refractivity contribution in [2.75, 3.05) is 5.75 Å². The molecule has 0 radical (unpaired) electrons. The number of halogens is 1. The summed E-state index contributed by atoms with van der Waals surface area (Å²) in [5.74, 6) is 0.962. The Morgan fingerprint density at radius 3 is 2.72 bits per heavy atom. The van der Waals surface area contributed by atoms with Gasteiger partial charge in [-0.05, 0) is 24.6 Å². The van der Waals surface area contributed by atoms with Crippen LogP contribution in [0, 0.1) is 0 Å². The lowest BCUT2D eigenvalue weighted by Crippen LogP contribution is -1.92. The number of Topliss-reactive ketones (excluding diaryl/α,β-unsaturated/α-hetero) is 1. The van der Waals surface area contributed by atoms with E-state index in [-0.39, 0.29) is 5.78 Å². The summed E-state index contributed by atoms with van der Waals surface area (Å²) in [6.45, 7) is 1.53. The lowest BCUT2D eigenvalue weighted by Gasteiger charge is -1.96. The van der Waals surface area contributed by atoms with Gasteiger partial charge in [0.15, 0.2) is 0 Å². The monoisotopic (exact) mass is 282 g/mol. The van der Waals surface area contributed by atoms with Gasteiger partial charge in [-0.25, -0.2) is 0 Å². The van der Waals surface area contributed by atoms with Gasteiger partial charge in [-0.15, -0.1) is 10.2 Å². The third-order valence-corrected chi connectivity index (χ3v) is 3.33. The molecule has 0 spiro atoms. The fraction of sp³-hybridized carbons (Fsp3) is 0.250. The fourth-order valence-corrected chi connectivity index (χ4v) is 2.01. The Morgan fingerprint density at radius 2 is 2.06 bits per heavy atom. The van der Waals surface area contributed by atoms with Crippen LogP contribution in [0.15, 0.2) is 33.9 Å². The predicted octanol–water partition coefficient (Wildman–Crippen LogP) is 2.99. The van der Waals surface area contributed by atoms with Crippen LogP contribution >= 0.6 is 23.4 Å². The van der Waals surface area contributed by atoms with Gasteiger partial charge < -0.3 is 4.42 Å². The van der Waals surface area contributed by atoms with E-state index in [4.69, 9.17) is 16.0 Å².